The Morgan fingerprint density at radius 2 is 1.91 bits per heavy atom. The first-order valence-electron chi connectivity index (χ1n) is 10.8. The van der Waals surface area contributed by atoms with Gasteiger partial charge >= 0.3 is 0 Å². The van der Waals surface area contributed by atoms with E-state index < -0.39 is 0 Å². The Bertz CT molecular complexity index is 1630. The number of fused-ring (bicyclic) bond motifs is 4. The Kier molecular flexibility index (Phi) is 4.92. The van der Waals surface area contributed by atoms with E-state index in [-0.39, 0.29) is 11.1 Å². The second kappa shape index (κ2) is 7.96. The monoisotopic (exact) mass is 476 g/mol. The Labute approximate surface area is 196 Å². The summed E-state index contributed by atoms with van der Waals surface area (Å²) in [4.78, 5) is 41.7. The molecule has 6 rings (SSSR count). The number of hydrogen-bond donors (Lipinski definition) is 1. The first-order valence-corrected chi connectivity index (χ1v) is 12.6. The highest BCUT2D eigenvalue weighted by atomic mass is 32.2. The van der Waals surface area contributed by atoms with Crippen LogP contribution < -0.4 is 11.1 Å². The number of aryl methyl sites for hydroxylation is 2. The van der Waals surface area contributed by atoms with Crippen LogP contribution in [-0.2, 0) is 25.6 Å². The lowest BCUT2D eigenvalue weighted by Gasteiger charge is -2.10. The van der Waals surface area contributed by atoms with Crippen LogP contribution in [0.5, 0.6) is 0 Å². The summed E-state index contributed by atoms with van der Waals surface area (Å²) in [5.74, 6) is 1.32. The van der Waals surface area contributed by atoms with Gasteiger partial charge in [0.05, 0.1) is 11.1 Å². The van der Waals surface area contributed by atoms with E-state index in [0.29, 0.717) is 28.2 Å². The number of thiophene rings is 1. The number of H-pyrrole nitrogens is 1. The molecular weight excluding hydrogens is 456 g/mol. The average Bonchev–Trinajstić information content (AvgIpc) is 3.43. The van der Waals surface area contributed by atoms with Gasteiger partial charge in [-0.05, 0) is 31.2 Å². The summed E-state index contributed by atoms with van der Waals surface area (Å²) in [6.45, 7) is 0. The van der Waals surface area contributed by atoms with Gasteiger partial charge < -0.3 is 0 Å². The van der Waals surface area contributed by atoms with Gasteiger partial charge in [0.25, 0.3) is 16.9 Å². The Balaban J connectivity index is 1.33. The third-order valence-corrected chi connectivity index (χ3v) is 8.18. The minimum Gasteiger partial charge on any atom is -0.290 e. The number of nitrogens with one attached hydrogen (secondary N) is 1. The normalized spacial score (nSPS) is 13.6. The van der Waals surface area contributed by atoms with Crippen LogP contribution in [0.3, 0.4) is 0 Å². The molecule has 0 amide bonds. The van der Waals surface area contributed by atoms with Gasteiger partial charge in [-0.25, -0.2) is 9.97 Å². The fourth-order valence-corrected chi connectivity index (χ4v) is 6.43. The summed E-state index contributed by atoms with van der Waals surface area (Å²) >= 11 is 3.05. The summed E-state index contributed by atoms with van der Waals surface area (Å²) in [6, 6.07) is 11.1. The summed E-state index contributed by atoms with van der Waals surface area (Å²) in [5.41, 5.74) is 2.44. The number of benzene rings is 1. The lowest BCUT2D eigenvalue weighted by atomic mass is 9.97. The molecule has 0 fully saturated rings. The summed E-state index contributed by atoms with van der Waals surface area (Å²) in [7, 11) is 1.76. The van der Waals surface area contributed by atoms with Crippen molar-refractivity contribution >= 4 is 39.1 Å². The third kappa shape index (κ3) is 3.50. The van der Waals surface area contributed by atoms with E-state index >= 15 is 0 Å². The van der Waals surface area contributed by atoms with Gasteiger partial charge in [-0.2, -0.15) is 9.50 Å². The van der Waals surface area contributed by atoms with Gasteiger partial charge in [-0.3, -0.25) is 19.3 Å². The van der Waals surface area contributed by atoms with E-state index in [2.05, 4.69) is 15.1 Å². The van der Waals surface area contributed by atoms with Gasteiger partial charge in [0, 0.05) is 29.3 Å². The first kappa shape index (κ1) is 20.4. The van der Waals surface area contributed by atoms with Crippen molar-refractivity contribution in [1.82, 2.24) is 29.1 Å². The maximum absolute atomic E-state index is 13.1. The Morgan fingerprint density at radius 3 is 2.76 bits per heavy atom. The second-order valence-electron chi connectivity index (χ2n) is 8.10. The molecule has 4 aromatic heterocycles. The number of rotatable bonds is 4. The van der Waals surface area contributed by atoms with Crippen LogP contribution in [0.4, 0.5) is 0 Å². The van der Waals surface area contributed by atoms with Crippen molar-refractivity contribution < 1.29 is 0 Å². The fourth-order valence-electron chi connectivity index (χ4n) is 4.26. The van der Waals surface area contributed by atoms with E-state index in [1.54, 1.807) is 23.0 Å². The highest BCUT2D eigenvalue weighted by molar-refractivity contribution is 7.98. The van der Waals surface area contributed by atoms with E-state index in [0.717, 1.165) is 35.0 Å². The molecule has 0 saturated heterocycles. The van der Waals surface area contributed by atoms with Crippen LogP contribution >= 0.6 is 23.1 Å². The summed E-state index contributed by atoms with van der Waals surface area (Å²) in [6.07, 6.45) is 4.29. The Morgan fingerprint density at radius 1 is 1.09 bits per heavy atom. The van der Waals surface area contributed by atoms with E-state index in [9.17, 15) is 9.59 Å². The standard InChI is InChI=1S/C23H20N6O2S2/c1-28-21(31)18-15-9-5-6-10-16(15)33-20(18)26-23(28)32-12-14-11-17(30)29-22(24-14)25-19(27-29)13-7-3-2-4-8-13/h2-4,7-8,11H,5-6,9-10,12H2,1H3,(H,24,25,27). The van der Waals surface area contributed by atoms with Crippen molar-refractivity contribution in [1.29, 1.82) is 0 Å². The molecular formula is C23H20N6O2S2. The van der Waals surface area contributed by atoms with Crippen molar-refractivity contribution in [3.63, 3.8) is 0 Å². The maximum atomic E-state index is 13.1. The van der Waals surface area contributed by atoms with E-state index in [4.69, 9.17) is 4.98 Å². The average molecular weight is 477 g/mol. The number of aromatic nitrogens is 6. The lowest BCUT2D eigenvalue weighted by molar-refractivity contribution is 0.695. The van der Waals surface area contributed by atoms with Crippen molar-refractivity contribution in [2.45, 2.75) is 36.6 Å². The fraction of sp³-hybridized carbons (Fsp3) is 0.261. The van der Waals surface area contributed by atoms with Gasteiger partial charge in [0.2, 0.25) is 0 Å². The minimum absolute atomic E-state index is 0.00480. The van der Waals surface area contributed by atoms with Crippen molar-refractivity contribution in [3.8, 4) is 11.4 Å². The molecule has 4 heterocycles. The molecule has 166 valence electrons. The Hall–Kier alpha value is -3.24. The molecule has 5 aromatic rings. The van der Waals surface area contributed by atoms with Crippen LogP contribution in [0.25, 0.3) is 27.4 Å². The molecule has 0 radical (unpaired) electrons. The predicted octanol–water partition coefficient (Wildman–Crippen LogP) is 3.56. The van der Waals surface area contributed by atoms with Gasteiger partial charge in [0.1, 0.15) is 4.83 Å². The van der Waals surface area contributed by atoms with Crippen LogP contribution in [0, 0.1) is 0 Å². The molecule has 0 unspecified atom stereocenters. The smallest absolute Gasteiger partial charge is 0.274 e. The second-order valence-corrected chi connectivity index (χ2v) is 10.1. The molecule has 1 aromatic carbocycles. The molecule has 1 aliphatic rings. The van der Waals surface area contributed by atoms with Crippen molar-refractivity contribution in [2.75, 3.05) is 0 Å². The molecule has 33 heavy (non-hydrogen) atoms. The van der Waals surface area contributed by atoms with Gasteiger partial charge in [-0.1, -0.05) is 42.1 Å². The molecule has 1 N–H and O–H groups in total. The molecule has 0 spiro atoms. The summed E-state index contributed by atoms with van der Waals surface area (Å²) in [5, 5.41) is 4.42. The first-order chi connectivity index (χ1) is 16.1. The minimum atomic E-state index is -0.228. The molecule has 1 aliphatic carbocycles. The van der Waals surface area contributed by atoms with E-state index in [1.165, 1.54) is 39.2 Å². The molecule has 0 atom stereocenters. The zero-order valence-corrected chi connectivity index (χ0v) is 19.5. The zero-order valence-electron chi connectivity index (χ0n) is 17.9. The van der Waals surface area contributed by atoms with Crippen molar-refractivity contribution in [2.24, 2.45) is 7.05 Å². The van der Waals surface area contributed by atoms with Crippen LogP contribution in [0.15, 0.2) is 51.1 Å². The van der Waals surface area contributed by atoms with Crippen LogP contribution in [-0.4, -0.2) is 29.1 Å². The largest absolute Gasteiger partial charge is 0.290 e. The highest BCUT2D eigenvalue weighted by Crippen LogP contribution is 2.34. The van der Waals surface area contributed by atoms with Gasteiger partial charge in [-0.15, -0.1) is 11.3 Å². The van der Waals surface area contributed by atoms with Crippen LogP contribution in [0.2, 0.25) is 0 Å². The topological polar surface area (TPSA) is 97.9 Å². The van der Waals surface area contributed by atoms with Crippen molar-refractivity contribution in [3.05, 3.63) is 73.2 Å². The molecule has 10 heteroatoms. The third-order valence-electron chi connectivity index (χ3n) is 5.94. The quantitative estimate of drug-likeness (QED) is 0.315. The van der Waals surface area contributed by atoms with Gasteiger partial charge in [0.15, 0.2) is 11.0 Å². The summed E-state index contributed by atoms with van der Waals surface area (Å²) < 4.78 is 2.95. The number of thioether (sulfide) groups is 1. The number of nitrogens with zero attached hydrogens (tertiary/aromatic N) is 5. The van der Waals surface area contributed by atoms with E-state index in [1.807, 2.05) is 30.3 Å². The molecule has 8 nitrogen and oxygen atoms in total. The predicted molar refractivity (Wildman–Crippen MR) is 130 cm³/mol. The molecule has 0 aliphatic heterocycles. The molecule has 0 saturated carbocycles. The highest BCUT2D eigenvalue weighted by Gasteiger charge is 2.21. The maximum Gasteiger partial charge on any atom is 0.274 e. The number of aromatic amines is 1. The lowest BCUT2D eigenvalue weighted by Crippen LogP contribution is -2.20. The number of hydrogen-bond acceptors (Lipinski definition) is 7. The zero-order chi connectivity index (χ0) is 22.5. The SMILES string of the molecule is Cn1c(SCc2cc(=O)n3[nH]c(-c4ccccc4)nc3n2)nc2sc3c(c2c1=O)CCCC3. The molecule has 0 bridgehead atoms. The van der Waals surface area contributed by atoms with Crippen LogP contribution in [0.1, 0.15) is 29.0 Å².